The lowest BCUT2D eigenvalue weighted by atomic mass is 10.1. The first kappa shape index (κ1) is 17.1. The third-order valence-corrected chi connectivity index (χ3v) is 4.35. The molecule has 0 unspecified atom stereocenters. The first-order valence-corrected chi connectivity index (χ1v) is 7.42. The van der Waals surface area contributed by atoms with E-state index in [2.05, 4.69) is 25.5 Å². The van der Waals surface area contributed by atoms with Crippen LogP contribution in [-0.2, 0) is 4.74 Å². The molecule has 0 amide bonds. The van der Waals surface area contributed by atoms with Gasteiger partial charge in [0.2, 0.25) is 5.75 Å². The van der Waals surface area contributed by atoms with Crippen molar-refractivity contribution in [3.8, 4) is 5.75 Å². The van der Waals surface area contributed by atoms with Crippen molar-refractivity contribution in [1.82, 2.24) is 15.3 Å². The monoisotopic (exact) mass is 329 g/mol. The number of nitrogens with one attached hydrogen (secondary N) is 2. The van der Waals surface area contributed by atoms with Crippen LogP contribution < -0.4 is 20.3 Å². The molecule has 7 nitrogen and oxygen atoms in total. The highest BCUT2D eigenvalue weighted by atomic mass is 35.5. The number of ether oxygens (including phenoxy) is 2. The molecule has 124 valence electrons. The van der Waals surface area contributed by atoms with Crippen LogP contribution in [0.5, 0.6) is 5.75 Å². The summed E-state index contributed by atoms with van der Waals surface area (Å²) in [4.78, 5) is 11.0. The van der Waals surface area contributed by atoms with Crippen LogP contribution in [0.4, 0.5) is 11.6 Å². The molecular formula is C14H24ClN5O2. The van der Waals surface area contributed by atoms with Crippen molar-refractivity contribution >= 4 is 24.0 Å². The van der Waals surface area contributed by atoms with E-state index >= 15 is 0 Å². The molecule has 1 aromatic rings. The van der Waals surface area contributed by atoms with Crippen LogP contribution in [0.25, 0.3) is 0 Å². The number of fused-ring (bicyclic) bond motifs is 1. The van der Waals surface area contributed by atoms with E-state index in [1.807, 2.05) is 14.0 Å². The maximum absolute atomic E-state index is 5.94. The van der Waals surface area contributed by atoms with Crippen molar-refractivity contribution in [1.29, 1.82) is 0 Å². The molecule has 2 N–H and O–H groups in total. The van der Waals surface area contributed by atoms with Crippen LogP contribution in [0.1, 0.15) is 13.3 Å². The number of rotatable bonds is 4. The SMILES string of the molecule is CN[C@@H]1CCN(c2ncnc3c2OC[C@@H]([C@@H](C)OC)N3)C1.Cl. The van der Waals surface area contributed by atoms with E-state index in [1.54, 1.807) is 13.4 Å². The summed E-state index contributed by atoms with van der Waals surface area (Å²) < 4.78 is 11.3. The summed E-state index contributed by atoms with van der Waals surface area (Å²) in [7, 11) is 3.70. The zero-order chi connectivity index (χ0) is 14.8. The molecule has 1 saturated heterocycles. The minimum Gasteiger partial charge on any atom is -0.484 e. The molecule has 1 fully saturated rings. The standard InChI is InChI=1S/C14H23N5O2.ClH/c1-9(20-3)11-7-21-12-13(18-11)16-8-17-14(12)19-5-4-10(6-19)15-2;/h8-11,15H,4-7H2,1-3H3,(H,16,17,18);1H/t9-,10-,11+;/m1./s1. The molecule has 0 radical (unpaired) electrons. The molecule has 0 bridgehead atoms. The Morgan fingerprint density at radius 1 is 1.50 bits per heavy atom. The summed E-state index contributed by atoms with van der Waals surface area (Å²) in [5, 5.41) is 6.71. The maximum Gasteiger partial charge on any atom is 0.204 e. The van der Waals surface area contributed by atoms with Gasteiger partial charge >= 0.3 is 0 Å². The zero-order valence-electron chi connectivity index (χ0n) is 13.2. The predicted octanol–water partition coefficient (Wildman–Crippen LogP) is 0.904. The van der Waals surface area contributed by atoms with Gasteiger partial charge in [-0.25, -0.2) is 9.97 Å². The summed E-state index contributed by atoms with van der Waals surface area (Å²) in [5.74, 6) is 2.40. The topological polar surface area (TPSA) is 71.5 Å². The van der Waals surface area contributed by atoms with E-state index in [1.165, 1.54) is 0 Å². The smallest absolute Gasteiger partial charge is 0.204 e. The van der Waals surface area contributed by atoms with Crippen LogP contribution >= 0.6 is 12.4 Å². The Hall–Kier alpha value is -1.31. The summed E-state index contributed by atoms with van der Waals surface area (Å²) >= 11 is 0. The molecule has 3 heterocycles. The molecule has 2 aliphatic rings. The number of methoxy groups -OCH3 is 1. The minimum atomic E-state index is 0. The van der Waals surface area contributed by atoms with Gasteiger partial charge in [-0.05, 0) is 20.4 Å². The van der Waals surface area contributed by atoms with Gasteiger partial charge in [0.1, 0.15) is 12.9 Å². The van der Waals surface area contributed by atoms with E-state index in [4.69, 9.17) is 9.47 Å². The number of nitrogens with zero attached hydrogens (tertiary/aromatic N) is 3. The van der Waals surface area contributed by atoms with Crippen LogP contribution in [0.15, 0.2) is 6.33 Å². The third kappa shape index (κ3) is 3.21. The van der Waals surface area contributed by atoms with Gasteiger partial charge in [0.15, 0.2) is 11.6 Å². The molecule has 3 rings (SSSR count). The van der Waals surface area contributed by atoms with Gasteiger partial charge in [0, 0.05) is 26.2 Å². The Morgan fingerprint density at radius 2 is 2.32 bits per heavy atom. The van der Waals surface area contributed by atoms with Gasteiger partial charge in [-0.15, -0.1) is 12.4 Å². The fraction of sp³-hybridized carbons (Fsp3) is 0.714. The van der Waals surface area contributed by atoms with E-state index in [-0.39, 0.29) is 24.6 Å². The molecule has 22 heavy (non-hydrogen) atoms. The molecule has 0 spiro atoms. The van der Waals surface area contributed by atoms with Crippen molar-refractivity contribution in [3.05, 3.63) is 6.33 Å². The molecule has 8 heteroatoms. The first-order chi connectivity index (χ1) is 10.2. The van der Waals surface area contributed by atoms with Crippen molar-refractivity contribution in [2.24, 2.45) is 0 Å². The molecule has 3 atom stereocenters. The Kier molecular flexibility index (Phi) is 5.66. The van der Waals surface area contributed by atoms with Gasteiger partial charge in [-0.2, -0.15) is 0 Å². The second-order valence-electron chi connectivity index (χ2n) is 5.60. The van der Waals surface area contributed by atoms with E-state index < -0.39 is 0 Å². The lowest BCUT2D eigenvalue weighted by Gasteiger charge is -2.32. The average molecular weight is 330 g/mol. The highest BCUT2D eigenvalue weighted by Crippen LogP contribution is 2.36. The van der Waals surface area contributed by atoms with E-state index in [0.717, 1.165) is 36.9 Å². The highest BCUT2D eigenvalue weighted by molar-refractivity contribution is 5.85. The number of likely N-dealkylation sites (N-methyl/N-ethyl adjacent to an activating group) is 1. The number of aromatic nitrogens is 2. The molecule has 1 aromatic heterocycles. The van der Waals surface area contributed by atoms with Gasteiger partial charge < -0.3 is 25.0 Å². The summed E-state index contributed by atoms with van der Waals surface area (Å²) in [5.41, 5.74) is 0. The Bertz CT molecular complexity index is 504. The lowest BCUT2D eigenvalue weighted by Crippen LogP contribution is -2.41. The van der Waals surface area contributed by atoms with Crippen LogP contribution in [0.2, 0.25) is 0 Å². The molecule has 0 saturated carbocycles. The second kappa shape index (κ2) is 7.30. The van der Waals surface area contributed by atoms with Crippen molar-refractivity contribution < 1.29 is 9.47 Å². The number of hydrogen-bond acceptors (Lipinski definition) is 7. The van der Waals surface area contributed by atoms with E-state index in [9.17, 15) is 0 Å². The van der Waals surface area contributed by atoms with E-state index in [0.29, 0.717) is 12.6 Å². The Labute approximate surface area is 137 Å². The van der Waals surface area contributed by atoms with Gasteiger partial charge in [-0.3, -0.25) is 0 Å². The zero-order valence-corrected chi connectivity index (χ0v) is 14.0. The summed E-state index contributed by atoms with van der Waals surface area (Å²) in [6.45, 7) is 4.51. The summed E-state index contributed by atoms with van der Waals surface area (Å²) in [6, 6.07) is 0.613. The summed E-state index contributed by atoms with van der Waals surface area (Å²) in [6.07, 6.45) is 2.78. The number of halogens is 1. The second-order valence-corrected chi connectivity index (χ2v) is 5.60. The Morgan fingerprint density at radius 3 is 3.00 bits per heavy atom. The molecule has 0 aromatic carbocycles. The first-order valence-electron chi connectivity index (χ1n) is 7.42. The van der Waals surface area contributed by atoms with Gasteiger partial charge in [0.05, 0.1) is 12.1 Å². The van der Waals surface area contributed by atoms with Crippen molar-refractivity contribution in [2.75, 3.05) is 44.1 Å². The van der Waals surface area contributed by atoms with Crippen LogP contribution in [-0.4, -0.2) is 62.0 Å². The molecule has 0 aliphatic carbocycles. The molecule has 2 aliphatic heterocycles. The van der Waals surface area contributed by atoms with Crippen LogP contribution in [0, 0.1) is 0 Å². The van der Waals surface area contributed by atoms with Crippen molar-refractivity contribution in [3.63, 3.8) is 0 Å². The highest BCUT2D eigenvalue weighted by Gasteiger charge is 2.31. The number of hydrogen-bond donors (Lipinski definition) is 2. The van der Waals surface area contributed by atoms with Gasteiger partial charge in [0.25, 0.3) is 0 Å². The molecular weight excluding hydrogens is 306 g/mol. The fourth-order valence-electron chi connectivity index (χ4n) is 2.82. The Balaban J connectivity index is 0.00000176. The predicted molar refractivity (Wildman–Crippen MR) is 88.3 cm³/mol. The fourth-order valence-corrected chi connectivity index (χ4v) is 2.82. The minimum absolute atomic E-state index is 0. The largest absolute Gasteiger partial charge is 0.484 e. The average Bonchev–Trinajstić information content (AvgIpc) is 3.01. The van der Waals surface area contributed by atoms with Gasteiger partial charge in [-0.1, -0.05) is 0 Å². The van der Waals surface area contributed by atoms with Crippen molar-refractivity contribution in [2.45, 2.75) is 31.5 Å². The van der Waals surface area contributed by atoms with Crippen LogP contribution in [0.3, 0.4) is 0 Å². The lowest BCUT2D eigenvalue weighted by molar-refractivity contribution is 0.0804. The quantitative estimate of drug-likeness (QED) is 0.850. The number of anilines is 2. The normalized spacial score (nSPS) is 24.8. The third-order valence-electron chi connectivity index (χ3n) is 4.35. The maximum atomic E-state index is 5.94.